The SMILES string of the molecule is Cc1cc(C)c(NC(=O)[C@@]2(N(Cc3ccccc3)C(=O)Cc3ccccc3)CC[C@@H]3Cc4ccccc4C[C@H]3C2)c(C)c1. The topological polar surface area (TPSA) is 49.4 Å². The Morgan fingerprint density at radius 1 is 0.767 bits per heavy atom. The molecule has 4 nitrogen and oxygen atoms in total. The summed E-state index contributed by atoms with van der Waals surface area (Å²) in [6.45, 7) is 6.60. The van der Waals surface area contributed by atoms with Crippen LogP contribution in [0.1, 0.15) is 58.2 Å². The van der Waals surface area contributed by atoms with Crippen molar-refractivity contribution < 1.29 is 9.59 Å². The third-order valence-corrected chi connectivity index (χ3v) is 9.82. The largest absolute Gasteiger partial charge is 0.324 e. The highest BCUT2D eigenvalue weighted by molar-refractivity contribution is 6.02. The first-order valence-corrected chi connectivity index (χ1v) is 15.7. The lowest BCUT2D eigenvalue weighted by molar-refractivity contribution is -0.150. The summed E-state index contributed by atoms with van der Waals surface area (Å²) in [4.78, 5) is 31.3. The molecule has 0 radical (unpaired) electrons. The Morgan fingerprint density at radius 3 is 1.95 bits per heavy atom. The molecule has 220 valence electrons. The molecule has 4 aromatic rings. The van der Waals surface area contributed by atoms with Gasteiger partial charge in [0.15, 0.2) is 0 Å². The number of fused-ring (bicyclic) bond motifs is 2. The van der Waals surface area contributed by atoms with Crippen molar-refractivity contribution in [2.24, 2.45) is 11.8 Å². The number of benzene rings is 4. The highest BCUT2D eigenvalue weighted by atomic mass is 16.2. The minimum absolute atomic E-state index is 0.00258. The molecular weight excluding hydrogens is 528 g/mol. The van der Waals surface area contributed by atoms with Crippen molar-refractivity contribution in [2.45, 2.75) is 71.4 Å². The molecule has 0 bridgehead atoms. The molecule has 1 N–H and O–H groups in total. The van der Waals surface area contributed by atoms with Gasteiger partial charge < -0.3 is 10.2 Å². The molecule has 3 atom stereocenters. The summed E-state index contributed by atoms with van der Waals surface area (Å²) in [7, 11) is 0. The first-order valence-electron chi connectivity index (χ1n) is 15.7. The molecule has 1 saturated carbocycles. The minimum Gasteiger partial charge on any atom is -0.324 e. The summed E-state index contributed by atoms with van der Waals surface area (Å²) in [6, 6.07) is 33.0. The van der Waals surface area contributed by atoms with E-state index in [-0.39, 0.29) is 18.2 Å². The summed E-state index contributed by atoms with van der Waals surface area (Å²) < 4.78 is 0. The lowest BCUT2D eigenvalue weighted by atomic mass is 9.62. The third-order valence-electron chi connectivity index (χ3n) is 9.82. The van der Waals surface area contributed by atoms with Crippen LogP contribution in [0.2, 0.25) is 0 Å². The Morgan fingerprint density at radius 2 is 1.33 bits per heavy atom. The molecule has 4 aromatic carbocycles. The number of nitrogens with zero attached hydrogens (tertiary/aromatic N) is 1. The van der Waals surface area contributed by atoms with E-state index in [1.807, 2.05) is 53.4 Å². The normalized spacial score (nSPS) is 20.9. The predicted molar refractivity (Wildman–Crippen MR) is 174 cm³/mol. The van der Waals surface area contributed by atoms with Crippen LogP contribution in [0.25, 0.3) is 0 Å². The molecule has 2 aliphatic carbocycles. The maximum atomic E-state index is 14.9. The molecule has 0 spiro atoms. The lowest BCUT2D eigenvalue weighted by Crippen LogP contribution is -2.62. The second-order valence-electron chi connectivity index (χ2n) is 12.8. The van der Waals surface area contributed by atoms with Crippen LogP contribution in [-0.4, -0.2) is 22.3 Å². The van der Waals surface area contributed by atoms with Gasteiger partial charge in [-0.15, -0.1) is 0 Å². The smallest absolute Gasteiger partial charge is 0.250 e. The first kappa shape index (κ1) is 28.9. The number of anilines is 1. The summed E-state index contributed by atoms with van der Waals surface area (Å²) in [5.74, 6) is 0.785. The van der Waals surface area contributed by atoms with Gasteiger partial charge in [-0.3, -0.25) is 9.59 Å². The monoisotopic (exact) mass is 570 g/mol. The quantitative estimate of drug-likeness (QED) is 0.247. The highest BCUT2D eigenvalue weighted by Crippen LogP contribution is 2.47. The summed E-state index contributed by atoms with van der Waals surface area (Å²) in [6.07, 6.45) is 4.49. The fraction of sp³-hybridized carbons (Fsp3) is 0.333. The lowest BCUT2D eigenvalue weighted by Gasteiger charge is -2.51. The van der Waals surface area contributed by atoms with Gasteiger partial charge in [0.2, 0.25) is 11.8 Å². The molecule has 2 amide bonds. The van der Waals surface area contributed by atoms with Crippen molar-refractivity contribution in [3.63, 3.8) is 0 Å². The summed E-state index contributed by atoms with van der Waals surface area (Å²) in [5, 5.41) is 3.38. The van der Waals surface area contributed by atoms with Crippen molar-refractivity contribution in [1.82, 2.24) is 4.90 Å². The van der Waals surface area contributed by atoms with E-state index in [0.717, 1.165) is 47.2 Å². The van der Waals surface area contributed by atoms with Gasteiger partial charge in [-0.2, -0.15) is 0 Å². The van der Waals surface area contributed by atoms with Gasteiger partial charge in [0, 0.05) is 12.2 Å². The minimum atomic E-state index is -0.959. The zero-order valence-electron chi connectivity index (χ0n) is 25.6. The van der Waals surface area contributed by atoms with Gasteiger partial charge in [-0.25, -0.2) is 0 Å². The molecule has 2 aliphatic rings. The fourth-order valence-electron chi connectivity index (χ4n) is 7.68. The molecule has 0 unspecified atom stereocenters. The number of rotatable bonds is 7. The van der Waals surface area contributed by atoms with E-state index in [0.29, 0.717) is 31.2 Å². The maximum Gasteiger partial charge on any atom is 0.250 e. The average molecular weight is 571 g/mol. The van der Waals surface area contributed by atoms with E-state index >= 15 is 0 Å². The van der Waals surface area contributed by atoms with Crippen molar-refractivity contribution in [2.75, 3.05) is 5.32 Å². The molecular formula is C39H42N2O2. The molecule has 43 heavy (non-hydrogen) atoms. The molecule has 0 aliphatic heterocycles. The number of hydrogen-bond acceptors (Lipinski definition) is 2. The van der Waals surface area contributed by atoms with Gasteiger partial charge in [0.05, 0.1) is 6.42 Å². The number of carbonyl (C=O) groups excluding carboxylic acids is 2. The molecule has 0 aromatic heterocycles. The van der Waals surface area contributed by atoms with Gasteiger partial charge in [0.25, 0.3) is 0 Å². The van der Waals surface area contributed by atoms with Crippen LogP contribution in [0.4, 0.5) is 5.69 Å². The average Bonchev–Trinajstić information content (AvgIpc) is 3.01. The van der Waals surface area contributed by atoms with Crippen LogP contribution < -0.4 is 5.32 Å². The standard InChI is InChI=1S/C39H42N2O2/c1-27-20-28(2)37(29(3)21-27)40-38(43)39(19-18-34-23-32-16-10-11-17-33(32)24-35(34)25-39)41(26-31-14-8-5-9-15-31)36(42)22-30-12-6-4-7-13-30/h4-17,20-21,34-35H,18-19,22-26H2,1-3H3,(H,40,43)/t34-,35+,39-/m1/s1. The Bertz CT molecular complexity index is 1590. The van der Waals surface area contributed by atoms with Crippen LogP contribution in [0.3, 0.4) is 0 Å². The van der Waals surface area contributed by atoms with Crippen molar-refractivity contribution in [3.05, 3.63) is 136 Å². The summed E-state index contributed by atoms with van der Waals surface area (Å²) in [5.41, 5.74) is 8.00. The Hall–Kier alpha value is -4.18. The maximum absolute atomic E-state index is 14.9. The summed E-state index contributed by atoms with van der Waals surface area (Å²) >= 11 is 0. The van der Waals surface area contributed by atoms with Crippen LogP contribution in [-0.2, 0) is 35.4 Å². The van der Waals surface area contributed by atoms with E-state index in [2.05, 4.69) is 74.6 Å². The van der Waals surface area contributed by atoms with Crippen LogP contribution in [0.15, 0.2) is 97.1 Å². The van der Waals surface area contributed by atoms with E-state index in [4.69, 9.17) is 0 Å². The van der Waals surface area contributed by atoms with Gasteiger partial charge >= 0.3 is 0 Å². The second kappa shape index (κ2) is 12.2. The van der Waals surface area contributed by atoms with Crippen LogP contribution >= 0.6 is 0 Å². The zero-order valence-corrected chi connectivity index (χ0v) is 25.6. The number of carbonyl (C=O) groups is 2. The molecule has 0 saturated heterocycles. The molecule has 6 rings (SSSR count). The van der Waals surface area contributed by atoms with E-state index in [9.17, 15) is 9.59 Å². The third kappa shape index (κ3) is 6.01. The van der Waals surface area contributed by atoms with Crippen LogP contribution in [0.5, 0.6) is 0 Å². The first-order chi connectivity index (χ1) is 20.8. The van der Waals surface area contributed by atoms with E-state index < -0.39 is 5.54 Å². The molecule has 0 heterocycles. The number of nitrogens with one attached hydrogen (secondary N) is 1. The van der Waals surface area contributed by atoms with Crippen molar-refractivity contribution in [1.29, 1.82) is 0 Å². The van der Waals surface area contributed by atoms with Crippen molar-refractivity contribution >= 4 is 17.5 Å². The van der Waals surface area contributed by atoms with Gasteiger partial charge in [-0.1, -0.05) is 103 Å². The number of amides is 2. The Balaban J connectivity index is 1.42. The van der Waals surface area contributed by atoms with Gasteiger partial charge in [0.1, 0.15) is 5.54 Å². The van der Waals surface area contributed by atoms with Crippen LogP contribution in [0, 0.1) is 32.6 Å². The van der Waals surface area contributed by atoms with Crippen molar-refractivity contribution in [3.8, 4) is 0 Å². The predicted octanol–water partition coefficient (Wildman–Crippen LogP) is 7.78. The van der Waals surface area contributed by atoms with Gasteiger partial charge in [-0.05, 0) is 98.1 Å². The van der Waals surface area contributed by atoms with E-state index in [1.54, 1.807) is 0 Å². The Labute approximate surface area is 256 Å². The van der Waals surface area contributed by atoms with E-state index in [1.165, 1.54) is 16.7 Å². The number of hydrogen-bond donors (Lipinski definition) is 1. The number of aryl methyl sites for hydroxylation is 3. The highest BCUT2D eigenvalue weighted by Gasteiger charge is 2.52. The molecule has 1 fully saturated rings. The molecule has 4 heteroatoms. The Kier molecular flexibility index (Phi) is 8.21. The fourth-order valence-corrected chi connectivity index (χ4v) is 7.68. The second-order valence-corrected chi connectivity index (χ2v) is 12.8. The zero-order chi connectivity index (χ0) is 30.0.